The Bertz CT molecular complexity index is 1420. The van der Waals surface area contributed by atoms with Crippen molar-refractivity contribution in [3.63, 3.8) is 0 Å². The highest BCUT2D eigenvalue weighted by Crippen LogP contribution is 2.20. The third-order valence-electron chi connectivity index (χ3n) is 5.43. The van der Waals surface area contributed by atoms with Gasteiger partial charge in [-0.25, -0.2) is 14.2 Å². The van der Waals surface area contributed by atoms with Gasteiger partial charge in [0.15, 0.2) is 0 Å². The van der Waals surface area contributed by atoms with Crippen LogP contribution < -0.4 is 21.9 Å². The number of allylic oxidation sites excluding steroid dienone is 1. The summed E-state index contributed by atoms with van der Waals surface area (Å²) in [7, 11) is 0. The molecule has 0 fully saturated rings. The summed E-state index contributed by atoms with van der Waals surface area (Å²) in [5.74, 6) is -1.40. The first kappa shape index (κ1) is 27.7. The van der Waals surface area contributed by atoms with Gasteiger partial charge in [-0.05, 0) is 43.2 Å². The lowest BCUT2D eigenvalue weighted by molar-refractivity contribution is -0.118. The quantitative estimate of drug-likeness (QED) is 0.230. The van der Waals surface area contributed by atoms with Crippen molar-refractivity contribution in [2.24, 2.45) is 5.73 Å². The van der Waals surface area contributed by atoms with Crippen molar-refractivity contribution in [2.45, 2.75) is 25.4 Å². The van der Waals surface area contributed by atoms with Crippen LogP contribution in [0.5, 0.6) is 0 Å². The number of nitrogens with zero attached hydrogens (tertiary/aromatic N) is 2. The topological polar surface area (TPSA) is 195 Å². The molecule has 1 atom stereocenters. The van der Waals surface area contributed by atoms with E-state index in [0.29, 0.717) is 16.6 Å². The molecule has 0 aliphatic heterocycles. The molecule has 1 aromatic carbocycles. The second kappa shape index (κ2) is 12.9. The Balaban J connectivity index is 1.82. The van der Waals surface area contributed by atoms with Gasteiger partial charge in [0, 0.05) is 17.3 Å². The van der Waals surface area contributed by atoms with Gasteiger partial charge in [-0.1, -0.05) is 24.3 Å². The Kier molecular flexibility index (Phi) is 9.37. The maximum Gasteiger partial charge on any atom is 0.416 e. The van der Waals surface area contributed by atoms with E-state index >= 15 is 0 Å². The molecule has 3 amide bonds. The zero-order chi connectivity index (χ0) is 27.7. The number of primary amides is 1. The number of nitrogens with two attached hydrogens (primary N) is 1. The molecule has 6 N–H and O–H groups in total. The number of pyridine rings is 1. The molecule has 0 aliphatic carbocycles. The van der Waals surface area contributed by atoms with Crippen LogP contribution in [-0.2, 0) is 20.9 Å². The summed E-state index contributed by atoms with van der Waals surface area (Å²) in [6.45, 7) is -0.773. The van der Waals surface area contributed by atoms with E-state index < -0.39 is 42.2 Å². The highest BCUT2D eigenvalue weighted by molar-refractivity contribution is 5.96. The number of benzene rings is 1. The molecule has 0 saturated carbocycles. The lowest BCUT2D eigenvalue weighted by atomic mass is 10.1. The lowest BCUT2D eigenvalue weighted by Crippen LogP contribution is -2.45. The number of hydrogen-bond acceptors (Lipinski definition) is 7. The van der Waals surface area contributed by atoms with E-state index in [1.165, 1.54) is 29.0 Å². The van der Waals surface area contributed by atoms with Crippen LogP contribution in [0.25, 0.3) is 10.9 Å². The molecule has 13 heteroatoms. The van der Waals surface area contributed by atoms with Gasteiger partial charge in [-0.2, -0.15) is 0 Å². The van der Waals surface area contributed by atoms with Crippen molar-refractivity contribution < 1.29 is 34.1 Å². The highest BCUT2D eigenvalue weighted by Gasteiger charge is 2.22. The van der Waals surface area contributed by atoms with Crippen LogP contribution in [0, 0.1) is 0 Å². The van der Waals surface area contributed by atoms with Gasteiger partial charge in [0.05, 0.1) is 18.7 Å². The summed E-state index contributed by atoms with van der Waals surface area (Å²) in [6.07, 6.45) is 2.09. The van der Waals surface area contributed by atoms with E-state index in [1.807, 2.05) is 0 Å². The minimum absolute atomic E-state index is 0.0452. The number of carboxylic acid groups (broad SMARTS) is 1. The minimum atomic E-state index is -1.20. The number of fused-ring (bicyclic) bond motifs is 1. The highest BCUT2D eigenvalue weighted by atomic mass is 16.6. The van der Waals surface area contributed by atoms with Crippen LogP contribution >= 0.6 is 0 Å². The number of ether oxygens (including phenoxy) is 1. The average Bonchev–Trinajstić information content (AvgIpc) is 3.25. The Morgan fingerprint density at radius 1 is 1.13 bits per heavy atom. The summed E-state index contributed by atoms with van der Waals surface area (Å²) in [4.78, 5) is 60.8. The van der Waals surface area contributed by atoms with Crippen molar-refractivity contribution in [3.8, 4) is 0 Å². The van der Waals surface area contributed by atoms with Gasteiger partial charge < -0.3 is 35.9 Å². The van der Waals surface area contributed by atoms with Gasteiger partial charge in [0.25, 0.3) is 5.56 Å². The van der Waals surface area contributed by atoms with E-state index in [0.717, 1.165) is 10.6 Å². The van der Waals surface area contributed by atoms with E-state index in [9.17, 15) is 29.1 Å². The van der Waals surface area contributed by atoms with Crippen LogP contribution in [0.3, 0.4) is 0 Å². The maximum atomic E-state index is 13.1. The smallest absolute Gasteiger partial charge is 0.416 e. The molecule has 0 radical (unpaired) electrons. The fourth-order valence-corrected chi connectivity index (χ4v) is 3.76. The summed E-state index contributed by atoms with van der Waals surface area (Å²) in [5, 5.41) is 24.1. The number of aliphatic hydroxyl groups excluding tert-OH is 1. The van der Waals surface area contributed by atoms with Crippen LogP contribution in [0.4, 0.5) is 15.3 Å². The molecular weight excluding hydrogens is 498 g/mol. The number of aromatic nitrogens is 2. The molecule has 3 rings (SSSR count). The van der Waals surface area contributed by atoms with Gasteiger partial charge in [-0.3, -0.25) is 14.4 Å². The summed E-state index contributed by atoms with van der Waals surface area (Å²) in [6, 6.07) is 10.3. The predicted octanol–water partition coefficient (Wildman–Crippen LogP) is 1.22. The number of hydrogen-bond donors (Lipinski definition) is 5. The SMILES string of the molecule is NC(=O)/C=C/CCC(NC(=O)OCCO)C(=O)Nc1cccn(Cc2cc3ccccc3n2C(=O)O)c1=O. The monoisotopic (exact) mass is 525 g/mol. The number of carbonyl (C=O) groups excluding carboxylic acids is 3. The van der Waals surface area contributed by atoms with Gasteiger partial charge in [-0.15, -0.1) is 0 Å². The lowest BCUT2D eigenvalue weighted by Gasteiger charge is -2.18. The van der Waals surface area contributed by atoms with Crippen LogP contribution in [0.2, 0.25) is 0 Å². The summed E-state index contributed by atoms with van der Waals surface area (Å²) in [5.41, 5.74) is 5.17. The number of amides is 3. The minimum Gasteiger partial charge on any atom is -0.464 e. The second-order valence-electron chi connectivity index (χ2n) is 8.10. The summed E-state index contributed by atoms with van der Waals surface area (Å²) < 4.78 is 7.08. The first-order valence-corrected chi connectivity index (χ1v) is 11.5. The maximum absolute atomic E-state index is 13.1. The van der Waals surface area contributed by atoms with E-state index in [-0.39, 0.29) is 31.7 Å². The van der Waals surface area contributed by atoms with Crippen LogP contribution in [0.15, 0.2) is 65.6 Å². The van der Waals surface area contributed by atoms with Gasteiger partial charge >= 0.3 is 12.2 Å². The van der Waals surface area contributed by atoms with Gasteiger partial charge in [0.1, 0.15) is 18.3 Å². The Morgan fingerprint density at radius 3 is 2.61 bits per heavy atom. The Hall–Kier alpha value is -4.91. The normalized spacial score (nSPS) is 11.8. The molecule has 0 spiro atoms. The molecular formula is C25H27N5O8. The molecule has 0 aliphatic rings. The molecule has 1 unspecified atom stereocenters. The van der Waals surface area contributed by atoms with Gasteiger partial charge in [0.2, 0.25) is 11.8 Å². The van der Waals surface area contributed by atoms with E-state index in [1.54, 1.807) is 30.3 Å². The number of para-hydroxylation sites is 1. The standard InChI is InChI=1S/C25H27N5O8/c26-21(32)10-4-2-7-18(28-24(35)38-13-12-31)22(33)27-19-8-5-11-29(23(19)34)15-17-14-16-6-1-3-9-20(16)30(17)25(36)37/h1,3-6,8-11,14,18,31H,2,7,12-13,15H2,(H2,26,32)(H,27,33)(H,28,35)(H,36,37)/b10-4+. The van der Waals surface area contributed by atoms with Crippen molar-refractivity contribution in [1.29, 1.82) is 0 Å². The third kappa shape index (κ3) is 7.07. The van der Waals surface area contributed by atoms with Crippen LogP contribution in [-0.4, -0.2) is 62.6 Å². The molecule has 200 valence electrons. The average molecular weight is 526 g/mol. The zero-order valence-electron chi connectivity index (χ0n) is 20.2. The number of alkyl carbamates (subject to hydrolysis) is 1. The second-order valence-corrected chi connectivity index (χ2v) is 8.10. The molecule has 0 bridgehead atoms. The first-order chi connectivity index (χ1) is 18.2. The number of aliphatic hydroxyl groups is 1. The van der Waals surface area contributed by atoms with Crippen LogP contribution in [0.1, 0.15) is 18.5 Å². The Morgan fingerprint density at radius 2 is 1.89 bits per heavy atom. The summed E-state index contributed by atoms with van der Waals surface area (Å²) >= 11 is 0. The fraction of sp³-hybridized carbons (Fsp3) is 0.240. The Labute approximate surface area is 216 Å². The molecule has 13 nitrogen and oxygen atoms in total. The molecule has 0 saturated heterocycles. The van der Waals surface area contributed by atoms with E-state index in [2.05, 4.69) is 10.6 Å². The largest absolute Gasteiger partial charge is 0.464 e. The molecule has 38 heavy (non-hydrogen) atoms. The molecule has 2 heterocycles. The molecule has 3 aromatic rings. The van der Waals surface area contributed by atoms with Crippen molar-refractivity contribution in [2.75, 3.05) is 18.5 Å². The predicted molar refractivity (Wildman–Crippen MR) is 137 cm³/mol. The van der Waals surface area contributed by atoms with E-state index in [4.69, 9.17) is 15.6 Å². The number of nitrogens with one attached hydrogen (secondary N) is 2. The van der Waals surface area contributed by atoms with Crippen molar-refractivity contribution in [1.82, 2.24) is 14.5 Å². The number of carbonyl (C=O) groups is 4. The third-order valence-corrected chi connectivity index (χ3v) is 5.43. The first-order valence-electron chi connectivity index (χ1n) is 11.5. The zero-order valence-corrected chi connectivity index (χ0v) is 20.2. The number of rotatable bonds is 11. The van der Waals surface area contributed by atoms with Crippen molar-refractivity contribution >= 4 is 40.6 Å². The molecule has 2 aromatic heterocycles. The van der Waals surface area contributed by atoms with Crippen molar-refractivity contribution in [3.05, 3.63) is 76.9 Å². The fourth-order valence-electron chi connectivity index (χ4n) is 3.76. The number of anilines is 1.